The molecule has 3 nitrogen and oxygen atoms in total. The van der Waals surface area contributed by atoms with Crippen molar-refractivity contribution in [3.63, 3.8) is 0 Å². The van der Waals surface area contributed by atoms with Crippen molar-refractivity contribution in [3.05, 3.63) is 17.7 Å². The van der Waals surface area contributed by atoms with Crippen molar-refractivity contribution in [1.82, 2.24) is 9.55 Å². The van der Waals surface area contributed by atoms with Crippen molar-refractivity contribution >= 4 is 11.6 Å². The number of hydrogen-bond donors (Lipinski definition) is 0. The van der Waals surface area contributed by atoms with Gasteiger partial charge < -0.3 is 9.30 Å². The van der Waals surface area contributed by atoms with Gasteiger partial charge in [0, 0.05) is 19.0 Å². The molecule has 4 heteroatoms. The summed E-state index contributed by atoms with van der Waals surface area (Å²) in [5.41, 5.74) is 0. The molecule has 0 spiro atoms. The number of ether oxygens (including phenoxy) is 1. The van der Waals surface area contributed by atoms with Crippen molar-refractivity contribution in [3.8, 4) is 0 Å². The molecule has 1 atom stereocenters. The molecule has 0 unspecified atom stereocenters. The molecule has 0 aliphatic carbocycles. The summed E-state index contributed by atoms with van der Waals surface area (Å²) in [5.74, 6) is 0. The first-order valence-electron chi connectivity index (χ1n) is 4.14. The van der Waals surface area contributed by atoms with Crippen molar-refractivity contribution < 1.29 is 4.74 Å². The van der Waals surface area contributed by atoms with E-state index < -0.39 is 0 Å². The van der Waals surface area contributed by atoms with Gasteiger partial charge in [-0.3, -0.25) is 0 Å². The molecule has 2 heterocycles. The van der Waals surface area contributed by atoms with Crippen LogP contribution in [0.2, 0.25) is 5.28 Å². The first-order valence-corrected chi connectivity index (χ1v) is 4.52. The molecule has 1 fully saturated rings. The van der Waals surface area contributed by atoms with Gasteiger partial charge in [-0.2, -0.15) is 0 Å². The summed E-state index contributed by atoms with van der Waals surface area (Å²) in [7, 11) is 0. The van der Waals surface area contributed by atoms with Gasteiger partial charge in [-0.1, -0.05) is 0 Å². The van der Waals surface area contributed by atoms with E-state index in [1.54, 1.807) is 6.20 Å². The predicted molar refractivity (Wildman–Crippen MR) is 46.2 cm³/mol. The number of imidazole rings is 1. The minimum Gasteiger partial charge on any atom is -0.376 e. The summed E-state index contributed by atoms with van der Waals surface area (Å²) in [5, 5.41) is 0.547. The van der Waals surface area contributed by atoms with Crippen LogP contribution in [0.25, 0.3) is 0 Å². The maximum Gasteiger partial charge on any atom is 0.202 e. The molecule has 0 bridgehead atoms. The van der Waals surface area contributed by atoms with Crippen molar-refractivity contribution in [2.45, 2.75) is 25.5 Å². The third-order valence-corrected chi connectivity index (χ3v) is 2.40. The molecule has 1 saturated heterocycles. The monoisotopic (exact) mass is 186 g/mol. The second-order valence-corrected chi connectivity index (χ2v) is 3.32. The normalized spacial score (nSPS) is 23.2. The van der Waals surface area contributed by atoms with Gasteiger partial charge in [0.2, 0.25) is 5.28 Å². The molecular formula is C8H11ClN2O. The van der Waals surface area contributed by atoms with Crippen LogP contribution in [0.15, 0.2) is 12.4 Å². The Hall–Kier alpha value is -0.540. The van der Waals surface area contributed by atoms with E-state index in [0.29, 0.717) is 11.4 Å². The van der Waals surface area contributed by atoms with E-state index >= 15 is 0 Å². The van der Waals surface area contributed by atoms with Gasteiger partial charge in [-0.25, -0.2) is 4.98 Å². The third kappa shape index (κ3) is 1.62. The topological polar surface area (TPSA) is 27.1 Å². The van der Waals surface area contributed by atoms with Gasteiger partial charge in [0.25, 0.3) is 0 Å². The molecule has 1 aliphatic rings. The van der Waals surface area contributed by atoms with Crippen LogP contribution >= 0.6 is 11.6 Å². The van der Waals surface area contributed by atoms with Crippen LogP contribution in [0.4, 0.5) is 0 Å². The summed E-state index contributed by atoms with van der Waals surface area (Å²) < 4.78 is 7.39. The van der Waals surface area contributed by atoms with E-state index in [9.17, 15) is 0 Å². The lowest BCUT2D eigenvalue weighted by Crippen LogP contribution is -2.14. The highest BCUT2D eigenvalue weighted by atomic mass is 35.5. The first-order chi connectivity index (χ1) is 5.86. The summed E-state index contributed by atoms with van der Waals surface area (Å²) in [4.78, 5) is 3.93. The molecule has 1 aliphatic heterocycles. The van der Waals surface area contributed by atoms with E-state index in [0.717, 1.165) is 26.0 Å². The lowest BCUT2D eigenvalue weighted by atomic mass is 10.2. The number of aromatic nitrogens is 2. The number of nitrogens with zero attached hydrogens (tertiary/aromatic N) is 2. The van der Waals surface area contributed by atoms with Gasteiger partial charge in [0.1, 0.15) is 0 Å². The standard InChI is InChI=1S/C8H11ClN2O/c9-8-10-3-4-11(8)6-7-2-1-5-12-7/h3-4,7H,1-2,5-6H2/t7-/m0/s1. The van der Waals surface area contributed by atoms with Crippen molar-refractivity contribution in [2.75, 3.05) is 6.61 Å². The lowest BCUT2D eigenvalue weighted by molar-refractivity contribution is 0.0970. The van der Waals surface area contributed by atoms with Gasteiger partial charge in [-0.05, 0) is 24.4 Å². The molecule has 0 N–H and O–H groups in total. The molecule has 0 saturated carbocycles. The fourth-order valence-electron chi connectivity index (χ4n) is 1.45. The molecule has 1 aromatic rings. The zero-order valence-corrected chi connectivity index (χ0v) is 7.50. The summed E-state index contributed by atoms with van der Waals surface area (Å²) in [6, 6.07) is 0. The zero-order valence-electron chi connectivity index (χ0n) is 6.74. The quantitative estimate of drug-likeness (QED) is 0.703. The van der Waals surface area contributed by atoms with Gasteiger partial charge in [0.05, 0.1) is 12.6 Å². The SMILES string of the molecule is Clc1nccn1C[C@@H]1CCCO1. The van der Waals surface area contributed by atoms with E-state index in [1.807, 2.05) is 10.8 Å². The molecule has 0 aromatic carbocycles. The van der Waals surface area contributed by atoms with Crippen LogP contribution in [0, 0.1) is 0 Å². The molecule has 0 amide bonds. The molecule has 66 valence electrons. The van der Waals surface area contributed by atoms with E-state index in [-0.39, 0.29) is 0 Å². The maximum absolute atomic E-state index is 5.81. The van der Waals surface area contributed by atoms with E-state index in [1.165, 1.54) is 0 Å². The number of rotatable bonds is 2. The Kier molecular flexibility index (Phi) is 2.33. The lowest BCUT2D eigenvalue weighted by Gasteiger charge is -2.09. The van der Waals surface area contributed by atoms with Crippen LogP contribution in [-0.4, -0.2) is 22.3 Å². The van der Waals surface area contributed by atoms with Crippen molar-refractivity contribution in [2.24, 2.45) is 0 Å². The maximum atomic E-state index is 5.81. The first kappa shape index (κ1) is 8.08. The summed E-state index contributed by atoms with van der Waals surface area (Å²) >= 11 is 5.81. The minimum absolute atomic E-state index is 0.330. The molecule has 0 radical (unpaired) electrons. The summed E-state index contributed by atoms with van der Waals surface area (Å²) in [6.07, 6.45) is 6.21. The molecule has 1 aromatic heterocycles. The van der Waals surface area contributed by atoms with Gasteiger partial charge >= 0.3 is 0 Å². The Morgan fingerprint density at radius 1 is 1.75 bits per heavy atom. The highest BCUT2D eigenvalue weighted by Gasteiger charge is 2.16. The second-order valence-electron chi connectivity index (χ2n) is 2.98. The van der Waals surface area contributed by atoms with Crippen molar-refractivity contribution in [1.29, 1.82) is 0 Å². The number of hydrogen-bond acceptors (Lipinski definition) is 2. The fraction of sp³-hybridized carbons (Fsp3) is 0.625. The summed E-state index contributed by atoms with van der Waals surface area (Å²) in [6.45, 7) is 1.72. The second kappa shape index (κ2) is 3.46. The smallest absolute Gasteiger partial charge is 0.202 e. The Balaban J connectivity index is 1.98. The van der Waals surface area contributed by atoms with Crippen LogP contribution in [-0.2, 0) is 11.3 Å². The molecule has 2 rings (SSSR count). The number of halogens is 1. The molecule has 12 heavy (non-hydrogen) atoms. The van der Waals surface area contributed by atoms with Crippen LogP contribution < -0.4 is 0 Å². The van der Waals surface area contributed by atoms with Crippen LogP contribution in [0.1, 0.15) is 12.8 Å². The third-order valence-electron chi connectivity index (χ3n) is 2.09. The zero-order chi connectivity index (χ0) is 8.39. The average molecular weight is 187 g/mol. The Bertz CT molecular complexity index is 255. The minimum atomic E-state index is 0.330. The Labute approximate surface area is 76.3 Å². The Morgan fingerprint density at radius 2 is 2.67 bits per heavy atom. The Morgan fingerprint density at radius 3 is 3.25 bits per heavy atom. The van der Waals surface area contributed by atoms with Gasteiger partial charge in [-0.15, -0.1) is 0 Å². The largest absolute Gasteiger partial charge is 0.376 e. The predicted octanol–water partition coefficient (Wildman–Crippen LogP) is 1.72. The van der Waals surface area contributed by atoms with Crippen LogP contribution in [0.5, 0.6) is 0 Å². The highest BCUT2D eigenvalue weighted by Crippen LogP contribution is 2.15. The fourth-order valence-corrected chi connectivity index (χ4v) is 1.64. The van der Waals surface area contributed by atoms with E-state index in [2.05, 4.69) is 4.98 Å². The molecular weight excluding hydrogens is 176 g/mol. The average Bonchev–Trinajstić information content (AvgIpc) is 2.65. The van der Waals surface area contributed by atoms with E-state index in [4.69, 9.17) is 16.3 Å². The van der Waals surface area contributed by atoms with Gasteiger partial charge in [0.15, 0.2) is 0 Å². The van der Waals surface area contributed by atoms with Crippen LogP contribution in [0.3, 0.4) is 0 Å². The highest BCUT2D eigenvalue weighted by molar-refractivity contribution is 6.28.